The molecule has 0 spiro atoms. The highest BCUT2D eigenvalue weighted by Gasteiger charge is 2.48. The molecule has 3 atom stereocenters. The quantitative estimate of drug-likeness (QED) is 0.613. The Kier molecular flexibility index (Phi) is 6.59. The van der Waals surface area contributed by atoms with Crippen LogP contribution in [0.5, 0.6) is 0 Å². The van der Waals surface area contributed by atoms with Crippen molar-refractivity contribution in [2.24, 2.45) is 17.8 Å². The zero-order chi connectivity index (χ0) is 18.4. The van der Waals surface area contributed by atoms with Gasteiger partial charge in [0.25, 0.3) is 5.91 Å². The van der Waals surface area contributed by atoms with Gasteiger partial charge in [0.2, 0.25) is 0 Å². The molecule has 0 heterocycles. The smallest absolute Gasteiger partial charge is 0.338 e. The van der Waals surface area contributed by atoms with Gasteiger partial charge in [-0.1, -0.05) is 45.4 Å². The van der Waals surface area contributed by atoms with Crippen LogP contribution in [0.25, 0.3) is 0 Å². The fourth-order valence-electron chi connectivity index (χ4n) is 3.75. The lowest BCUT2D eigenvalue weighted by Crippen LogP contribution is -2.56. The summed E-state index contributed by atoms with van der Waals surface area (Å²) in [5.74, 6) is -0.259. The summed E-state index contributed by atoms with van der Waals surface area (Å²) >= 11 is 0. The van der Waals surface area contributed by atoms with E-state index in [9.17, 15) is 14.7 Å². The van der Waals surface area contributed by atoms with E-state index in [-0.39, 0.29) is 30.9 Å². The Hall–Kier alpha value is -1.88. The lowest BCUT2D eigenvalue weighted by atomic mass is 9.66. The Bertz CT molecular complexity index is 587. The number of hydrogen-bond donors (Lipinski definition) is 2. The molecular weight excluding hydrogens is 318 g/mol. The zero-order valence-electron chi connectivity index (χ0n) is 15.3. The van der Waals surface area contributed by atoms with Crippen LogP contribution in [0.4, 0.5) is 0 Å². The Morgan fingerprint density at radius 2 is 1.96 bits per heavy atom. The molecule has 1 aliphatic rings. The number of aliphatic hydroxyl groups is 1. The Labute approximate surface area is 149 Å². The van der Waals surface area contributed by atoms with Crippen molar-refractivity contribution >= 4 is 11.9 Å². The number of esters is 1. The van der Waals surface area contributed by atoms with Gasteiger partial charge in [0.15, 0.2) is 0 Å². The maximum Gasteiger partial charge on any atom is 0.338 e. The summed E-state index contributed by atoms with van der Waals surface area (Å²) in [5, 5.41) is 13.7. The van der Waals surface area contributed by atoms with Gasteiger partial charge in [-0.3, -0.25) is 4.79 Å². The van der Waals surface area contributed by atoms with Gasteiger partial charge in [-0.05, 0) is 42.7 Å². The number of carbonyl (C=O) groups is 2. The third-order valence-electron chi connectivity index (χ3n) is 5.07. The summed E-state index contributed by atoms with van der Waals surface area (Å²) in [6.07, 6.45) is 2.37. The highest BCUT2D eigenvalue weighted by Crippen LogP contribution is 2.41. The monoisotopic (exact) mass is 347 g/mol. The molecule has 1 fully saturated rings. The summed E-state index contributed by atoms with van der Waals surface area (Å²) in [5.41, 5.74) is -0.858. The van der Waals surface area contributed by atoms with Gasteiger partial charge in [0.1, 0.15) is 12.2 Å². The average Bonchev–Trinajstić information content (AvgIpc) is 2.58. The molecule has 0 aromatic heterocycles. The molecule has 0 saturated heterocycles. The predicted molar refractivity (Wildman–Crippen MR) is 96.0 cm³/mol. The van der Waals surface area contributed by atoms with Gasteiger partial charge in [-0.25, -0.2) is 4.79 Å². The van der Waals surface area contributed by atoms with E-state index in [0.717, 1.165) is 12.8 Å². The summed E-state index contributed by atoms with van der Waals surface area (Å²) < 4.78 is 5.16. The highest BCUT2D eigenvalue weighted by molar-refractivity contribution is 5.89. The first-order valence-corrected chi connectivity index (χ1v) is 9.07. The average molecular weight is 347 g/mol. The molecule has 1 saturated carbocycles. The van der Waals surface area contributed by atoms with E-state index in [1.165, 1.54) is 0 Å². The van der Waals surface area contributed by atoms with Gasteiger partial charge in [0.05, 0.1) is 12.1 Å². The van der Waals surface area contributed by atoms with Crippen LogP contribution < -0.4 is 5.32 Å². The van der Waals surface area contributed by atoms with Gasteiger partial charge in [0, 0.05) is 0 Å². The lowest BCUT2D eigenvalue weighted by Gasteiger charge is -2.43. The van der Waals surface area contributed by atoms with Crippen molar-refractivity contribution in [3.63, 3.8) is 0 Å². The molecule has 1 amide bonds. The van der Waals surface area contributed by atoms with E-state index >= 15 is 0 Å². The van der Waals surface area contributed by atoms with Gasteiger partial charge in [-0.15, -0.1) is 0 Å². The first-order chi connectivity index (χ1) is 11.8. The van der Waals surface area contributed by atoms with Crippen LogP contribution in [0.3, 0.4) is 0 Å². The van der Waals surface area contributed by atoms with Crippen LogP contribution >= 0.6 is 0 Å². The molecular formula is C20H29NO4. The highest BCUT2D eigenvalue weighted by atomic mass is 16.5. The third kappa shape index (κ3) is 4.82. The third-order valence-corrected chi connectivity index (χ3v) is 5.07. The summed E-state index contributed by atoms with van der Waals surface area (Å²) in [6.45, 7) is 6.42. The topological polar surface area (TPSA) is 75.6 Å². The number of carbonyl (C=O) groups excluding carboxylic acids is 2. The van der Waals surface area contributed by atoms with Crippen LogP contribution in [-0.4, -0.2) is 35.7 Å². The van der Waals surface area contributed by atoms with Gasteiger partial charge >= 0.3 is 5.97 Å². The molecule has 1 aromatic carbocycles. The summed E-state index contributed by atoms with van der Waals surface area (Å²) in [4.78, 5) is 24.4. The summed E-state index contributed by atoms with van der Waals surface area (Å²) in [6, 6.07) is 8.73. The molecule has 5 nitrogen and oxygen atoms in total. The molecule has 0 radical (unpaired) electrons. The Balaban J connectivity index is 1.85. The van der Waals surface area contributed by atoms with E-state index in [4.69, 9.17) is 4.74 Å². The largest absolute Gasteiger partial charge is 0.460 e. The molecule has 0 unspecified atom stereocenters. The van der Waals surface area contributed by atoms with Crippen LogP contribution in [0.2, 0.25) is 0 Å². The van der Waals surface area contributed by atoms with E-state index < -0.39 is 11.6 Å². The summed E-state index contributed by atoms with van der Waals surface area (Å²) in [7, 11) is 0. The molecule has 0 bridgehead atoms. The fraction of sp³-hybridized carbons (Fsp3) is 0.600. The molecule has 2 rings (SSSR count). The fourth-order valence-corrected chi connectivity index (χ4v) is 3.75. The Morgan fingerprint density at radius 3 is 2.60 bits per heavy atom. The number of amides is 1. The molecule has 5 heteroatoms. The predicted octanol–water partition coefficient (Wildman–Crippen LogP) is 2.78. The second-order valence-electron chi connectivity index (χ2n) is 7.42. The number of benzene rings is 1. The molecule has 1 aromatic rings. The van der Waals surface area contributed by atoms with Crippen LogP contribution in [0.1, 0.15) is 50.4 Å². The minimum Gasteiger partial charge on any atom is -0.460 e. The van der Waals surface area contributed by atoms with Crippen molar-refractivity contribution in [2.45, 2.75) is 45.6 Å². The normalized spacial score (nSPS) is 26.3. The van der Waals surface area contributed by atoms with E-state index in [1.807, 2.05) is 19.9 Å². The van der Waals surface area contributed by atoms with E-state index in [2.05, 4.69) is 12.2 Å². The molecule has 25 heavy (non-hydrogen) atoms. The van der Waals surface area contributed by atoms with Gasteiger partial charge in [-0.2, -0.15) is 0 Å². The van der Waals surface area contributed by atoms with Crippen molar-refractivity contribution < 1.29 is 19.4 Å². The molecule has 1 aliphatic carbocycles. The van der Waals surface area contributed by atoms with E-state index in [0.29, 0.717) is 17.9 Å². The van der Waals surface area contributed by atoms with Crippen LogP contribution in [-0.2, 0) is 9.53 Å². The van der Waals surface area contributed by atoms with Crippen molar-refractivity contribution in [1.29, 1.82) is 0 Å². The van der Waals surface area contributed by atoms with Crippen LogP contribution in [0, 0.1) is 17.8 Å². The SMILES string of the molecule is CC(C)[C@@H]1CC[C@@H](C)C[C@@]1(O)C(=O)NCCOC(=O)c1ccccc1. The first kappa shape index (κ1) is 19.4. The second-order valence-corrected chi connectivity index (χ2v) is 7.42. The number of hydrogen-bond acceptors (Lipinski definition) is 4. The van der Waals surface area contributed by atoms with Crippen LogP contribution in [0.15, 0.2) is 30.3 Å². The number of ether oxygens (including phenoxy) is 1. The van der Waals surface area contributed by atoms with Crippen molar-refractivity contribution in [2.75, 3.05) is 13.2 Å². The zero-order valence-corrected chi connectivity index (χ0v) is 15.3. The minimum absolute atomic E-state index is 0.0458. The number of rotatable bonds is 6. The van der Waals surface area contributed by atoms with Crippen molar-refractivity contribution in [3.05, 3.63) is 35.9 Å². The maximum atomic E-state index is 12.6. The molecule has 138 valence electrons. The van der Waals surface area contributed by atoms with Crippen molar-refractivity contribution in [3.8, 4) is 0 Å². The van der Waals surface area contributed by atoms with Gasteiger partial charge < -0.3 is 15.2 Å². The second kappa shape index (κ2) is 8.48. The Morgan fingerprint density at radius 1 is 1.28 bits per heavy atom. The lowest BCUT2D eigenvalue weighted by molar-refractivity contribution is -0.156. The first-order valence-electron chi connectivity index (χ1n) is 9.07. The molecule has 2 N–H and O–H groups in total. The number of nitrogens with one attached hydrogen (secondary N) is 1. The minimum atomic E-state index is -1.34. The van der Waals surface area contributed by atoms with E-state index in [1.54, 1.807) is 24.3 Å². The maximum absolute atomic E-state index is 12.6. The standard InChI is InChI=1S/C20H29NO4/c1-14(2)17-10-9-15(3)13-20(17,24)19(23)21-11-12-25-18(22)16-7-5-4-6-8-16/h4-8,14-15,17,24H,9-13H2,1-3H3,(H,21,23)/t15-,17+,20+/m1/s1. The van der Waals surface area contributed by atoms with Crippen molar-refractivity contribution in [1.82, 2.24) is 5.32 Å². The molecule has 0 aliphatic heterocycles.